The fourth-order valence-corrected chi connectivity index (χ4v) is 4.06. The number of ether oxygens (including phenoxy) is 1. The SMILES string of the molecule is CC(C)n1ccc(C(=O)N2C[C@@H]3COC[C@H](C2)N(Cc2ccc(F)cc2F)C3)n1. The Morgan fingerprint density at radius 2 is 2.03 bits per heavy atom. The Hall–Kier alpha value is -2.32. The molecular weight excluding hydrogens is 378 g/mol. The van der Waals surface area contributed by atoms with Crippen LogP contribution in [0.15, 0.2) is 30.5 Å². The molecule has 2 saturated heterocycles. The summed E-state index contributed by atoms with van der Waals surface area (Å²) in [5.74, 6) is -1.09. The molecule has 1 aromatic carbocycles. The van der Waals surface area contributed by atoms with Gasteiger partial charge in [-0.15, -0.1) is 0 Å². The number of hydrogen-bond acceptors (Lipinski definition) is 4. The number of rotatable bonds is 4. The maximum Gasteiger partial charge on any atom is 0.274 e. The highest BCUT2D eigenvalue weighted by atomic mass is 19.1. The van der Waals surface area contributed by atoms with Gasteiger partial charge in [-0.05, 0) is 26.0 Å². The minimum absolute atomic E-state index is 0.0527. The van der Waals surface area contributed by atoms with Crippen molar-refractivity contribution < 1.29 is 18.3 Å². The van der Waals surface area contributed by atoms with E-state index in [9.17, 15) is 13.6 Å². The third-order valence-electron chi connectivity index (χ3n) is 5.61. The van der Waals surface area contributed by atoms with Gasteiger partial charge in [-0.25, -0.2) is 8.78 Å². The van der Waals surface area contributed by atoms with Crippen LogP contribution in [-0.4, -0.2) is 64.4 Å². The molecule has 156 valence electrons. The Kier molecular flexibility index (Phi) is 5.65. The van der Waals surface area contributed by atoms with Crippen molar-refractivity contribution in [1.29, 1.82) is 0 Å². The average Bonchev–Trinajstić information content (AvgIpc) is 3.00. The van der Waals surface area contributed by atoms with Crippen LogP contribution in [0, 0.1) is 17.6 Å². The highest BCUT2D eigenvalue weighted by Gasteiger charge is 2.36. The van der Waals surface area contributed by atoms with E-state index in [-0.39, 0.29) is 23.9 Å². The van der Waals surface area contributed by atoms with Crippen molar-refractivity contribution in [2.45, 2.75) is 32.5 Å². The second-order valence-electron chi connectivity index (χ2n) is 8.21. The van der Waals surface area contributed by atoms with Crippen molar-refractivity contribution in [2.24, 2.45) is 5.92 Å². The zero-order valence-corrected chi connectivity index (χ0v) is 16.7. The van der Waals surface area contributed by atoms with E-state index in [1.807, 2.05) is 24.9 Å². The van der Waals surface area contributed by atoms with E-state index in [0.29, 0.717) is 50.7 Å². The predicted molar refractivity (Wildman–Crippen MR) is 103 cm³/mol. The quantitative estimate of drug-likeness (QED) is 0.786. The van der Waals surface area contributed by atoms with Gasteiger partial charge in [-0.3, -0.25) is 14.4 Å². The van der Waals surface area contributed by atoms with Gasteiger partial charge >= 0.3 is 0 Å². The summed E-state index contributed by atoms with van der Waals surface area (Å²) < 4.78 is 35.0. The molecule has 1 amide bonds. The van der Waals surface area contributed by atoms with E-state index in [1.165, 1.54) is 12.1 Å². The Morgan fingerprint density at radius 1 is 1.21 bits per heavy atom. The van der Waals surface area contributed by atoms with Crippen LogP contribution in [0.4, 0.5) is 8.78 Å². The molecule has 2 bridgehead atoms. The molecule has 4 rings (SSSR count). The van der Waals surface area contributed by atoms with Crippen LogP contribution in [0.2, 0.25) is 0 Å². The first kappa shape index (κ1) is 20.0. The zero-order chi connectivity index (χ0) is 20.5. The first-order chi connectivity index (χ1) is 13.9. The van der Waals surface area contributed by atoms with E-state index in [4.69, 9.17) is 4.74 Å². The lowest BCUT2D eigenvalue weighted by Crippen LogP contribution is -2.45. The van der Waals surface area contributed by atoms with Crippen LogP contribution in [0.25, 0.3) is 0 Å². The number of halogens is 2. The first-order valence-electron chi connectivity index (χ1n) is 10.0. The topological polar surface area (TPSA) is 50.6 Å². The van der Waals surface area contributed by atoms with Crippen molar-refractivity contribution in [2.75, 3.05) is 32.8 Å². The number of benzene rings is 1. The fraction of sp³-hybridized carbons (Fsp3) is 0.524. The highest BCUT2D eigenvalue weighted by molar-refractivity contribution is 5.92. The third-order valence-corrected chi connectivity index (χ3v) is 5.61. The molecule has 0 saturated carbocycles. The molecule has 2 aromatic rings. The van der Waals surface area contributed by atoms with E-state index >= 15 is 0 Å². The number of carbonyl (C=O) groups excluding carboxylic acids is 1. The predicted octanol–water partition coefficient (Wildman–Crippen LogP) is 2.72. The number of amides is 1. The van der Waals surface area contributed by atoms with Crippen molar-refractivity contribution >= 4 is 5.91 Å². The lowest BCUT2D eigenvalue weighted by molar-refractivity contribution is 0.0401. The van der Waals surface area contributed by atoms with Gasteiger partial charge in [0.05, 0.1) is 19.3 Å². The van der Waals surface area contributed by atoms with Crippen LogP contribution in [-0.2, 0) is 11.3 Å². The lowest BCUT2D eigenvalue weighted by Gasteiger charge is -2.31. The summed E-state index contributed by atoms with van der Waals surface area (Å²) in [6.07, 6.45) is 1.82. The normalized spacial score (nSPS) is 22.7. The molecular formula is C21H26F2N4O2. The van der Waals surface area contributed by atoms with Crippen molar-refractivity contribution in [3.63, 3.8) is 0 Å². The molecule has 0 spiro atoms. The molecule has 2 aliphatic rings. The van der Waals surface area contributed by atoms with Gasteiger partial charge in [-0.1, -0.05) is 6.07 Å². The molecule has 29 heavy (non-hydrogen) atoms. The van der Waals surface area contributed by atoms with Gasteiger partial charge in [0, 0.05) is 56.0 Å². The first-order valence-corrected chi connectivity index (χ1v) is 10.0. The van der Waals surface area contributed by atoms with E-state index < -0.39 is 11.6 Å². The minimum Gasteiger partial charge on any atom is -0.379 e. The van der Waals surface area contributed by atoms with Crippen LogP contribution in [0.5, 0.6) is 0 Å². The number of aromatic nitrogens is 2. The second kappa shape index (κ2) is 8.20. The van der Waals surface area contributed by atoms with E-state index in [2.05, 4.69) is 10.00 Å². The Bertz CT molecular complexity index is 885. The standard InChI is InChI=1S/C21H26F2N4O2/c1-14(2)27-6-5-20(24-27)21(28)26-9-15-8-25(18(11-26)13-29-12-15)10-16-3-4-17(22)7-19(16)23/h3-7,14-15,18H,8-13H2,1-2H3/t15-,18+/m1/s1. The van der Waals surface area contributed by atoms with Crippen LogP contribution < -0.4 is 0 Å². The lowest BCUT2D eigenvalue weighted by atomic mass is 10.1. The number of hydrogen-bond donors (Lipinski definition) is 0. The van der Waals surface area contributed by atoms with Gasteiger partial charge in [0.25, 0.3) is 5.91 Å². The van der Waals surface area contributed by atoms with Crippen LogP contribution >= 0.6 is 0 Å². The maximum atomic E-state index is 14.2. The largest absolute Gasteiger partial charge is 0.379 e. The highest BCUT2D eigenvalue weighted by Crippen LogP contribution is 2.24. The van der Waals surface area contributed by atoms with E-state index in [0.717, 1.165) is 6.07 Å². The van der Waals surface area contributed by atoms with Crippen molar-refractivity contribution in [1.82, 2.24) is 19.6 Å². The minimum atomic E-state index is -0.582. The molecule has 0 N–H and O–H groups in total. The summed E-state index contributed by atoms with van der Waals surface area (Å²) in [4.78, 5) is 17.1. The molecule has 2 aliphatic heterocycles. The molecule has 3 heterocycles. The third kappa shape index (κ3) is 4.33. The number of carbonyl (C=O) groups is 1. The van der Waals surface area contributed by atoms with Gasteiger partial charge in [0.1, 0.15) is 17.3 Å². The van der Waals surface area contributed by atoms with Gasteiger partial charge < -0.3 is 9.64 Å². The molecule has 0 unspecified atom stereocenters. The summed E-state index contributed by atoms with van der Waals surface area (Å²) in [6.45, 7) is 7.20. The number of fused-ring (bicyclic) bond motifs is 3. The number of nitrogens with zero attached hydrogens (tertiary/aromatic N) is 4. The Labute approximate surface area is 169 Å². The smallest absolute Gasteiger partial charge is 0.274 e. The molecule has 6 nitrogen and oxygen atoms in total. The van der Waals surface area contributed by atoms with E-state index in [1.54, 1.807) is 10.7 Å². The monoisotopic (exact) mass is 404 g/mol. The molecule has 0 radical (unpaired) electrons. The summed E-state index contributed by atoms with van der Waals surface area (Å²) in [5.41, 5.74) is 0.892. The maximum absolute atomic E-state index is 14.2. The molecule has 1 aromatic heterocycles. The summed E-state index contributed by atoms with van der Waals surface area (Å²) in [5, 5.41) is 4.41. The zero-order valence-electron chi connectivity index (χ0n) is 16.7. The fourth-order valence-electron chi connectivity index (χ4n) is 4.06. The van der Waals surface area contributed by atoms with Gasteiger partial charge in [0.2, 0.25) is 0 Å². The second-order valence-corrected chi connectivity index (χ2v) is 8.21. The van der Waals surface area contributed by atoms with Crippen molar-refractivity contribution in [3.8, 4) is 0 Å². The summed E-state index contributed by atoms with van der Waals surface area (Å²) in [7, 11) is 0. The van der Waals surface area contributed by atoms with Gasteiger partial charge in [0.15, 0.2) is 0 Å². The molecule has 2 atom stereocenters. The van der Waals surface area contributed by atoms with Crippen LogP contribution in [0.3, 0.4) is 0 Å². The molecule has 8 heteroatoms. The van der Waals surface area contributed by atoms with Gasteiger partial charge in [-0.2, -0.15) is 5.10 Å². The summed E-state index contributed by atoms with van der Waals surface area (Å²) >= 11 is 0. The Morgan fingerprint density at radius 3 is 2.76 bits per heavy atom. The average molecular weight is 404 g/mol. The Balaban J connectivity index is 1.52. The van der Waals surface area contributed by atoms with Crippen molar-refractivity contribution in [3.05, 3.63) is 53.4 Å². The summed E-state index contributed by atoms with van der Waals surface area (Å²) in [6, 6.07) is 5.57. The molecule has 2 fully saturated rings. The van der Waals surface area contributed by atoms with Crippen LogP contribution in [0.1, 0.15) is 35.9 Å². The molecule has 0 aliphatic carbocycles.